The highest BCUT2D eigenvalue weighted by atomic mass is 17.1. The number of rotatable bonds is 9. The molecule has 0 aromatic rings. The van der Waals surface area contributed by atoms with E-state index >= 15 is 0 Å². The van der Waals surface area contributed by atoms with Crippen LogP contribution in [0.2, 0.25) is 0 Å². The van der Waals surface area contributed by atoms with E-state index in [4.69, 9.17) is 14.2 Å². The van der Waals surface area contributed by atoms with Crippen LogP contribution in [0.1, 0.15) is 0 Å². The third kappa shape index (κ3) is 4.08. The van der Waals surface area contributed by atoms with E-state index in [-0.39, 0.29) is 0 Å². The second-order valence-electron chi connectivity index (χ2n) is 6.50. The SMILES string of the molecule is O=[N+]([O-])O[C@@]1(OC2(CO)O[C@H](CO)[C@@H](O)[C@@H]2O)O[C@H](CO)[C@@H](O)[C@H](O)[C@]1(O)O[N+](=O)[O-]. The maximum Gasteiger partial charge on any atom is 0.386 e. The van der Waals surface area contributed by atoms with Crippen LogP contribution in [-0.4, -0.2) is 125 Å². The van der Waals surface area contributed by atoms with E-state index < -0.39 is 84.2 Å². The van der Waals surface area contributed by atoms with Crippen molar-refractivity contribution in [3.05, 3.63) is 20.2 Å². The summed E-state index contributed by atoms with van der Waals surface area (Å²) in [6.45, 7) is -3.75. The van der Waals surface area contributed by atoms with Gasteiger partial charge in [0.15, 0.2) is 0 Å². The van der Waals surface area contributed by atoms with Gasteiger partial charge in [-0.15, -0.1) is 20.2 Å². The lowest BCUT2D eigenvalue weighted by molar-refractivity contribution is -0.877. The van der Waals surface area contributed by atoms with Gasteiger partial charge in [-0.25, -0.2) is 4.84 Å². The summed E-state index contributed by atoms with van der Waals surface area (Å²) in [7, 11) is 0. The van der Waals surface area contributed by atoms with Gasteiger partial charge in [0.2, 0.25) is 5.79 Å². The van der Waals surface area contributed by atoms with E-state index in [1.807, 2.05) is 0 Å². The summed E-state index contributed by atoms with van der Waals surface area (Å²) in [5, 5.41) is 97.5. The Hall–Kier alpha value is -2.04. The molecule has 0 saturated carbocycles. The van der Waals surface area contributed by atoms with Crippen molar-refractivity contribution in [1.29, 1.82) is 0 Å². The largest absolute Gasteiger partial charge is 0.394 e. The number of ether oxygens (including phenoxy) is 3. The highest BCUT2D eigenvalue weighted by Gasteiger charge is 2.75. The van der Waals surface area contributed by atoms with Gasteiger partial charge in [-0.1, -0.05) is 0 Å². The Morgan fingerprint density at radius 3 is 1.74 bits per heavy atom. The predicted octanol–water partition coefficient (Wildman–Crippen LogP) is -6.32. The van der Waals surface area contributed by atoms with Crippen molar-refractivity contribution >= 4 is 0 Å². The van der Waals surface area contributed by atoms with Gasteiger partial charge < -0.3 is 50.3 Å². The van der Waals surface area contributed by atoms with Crippen molar-refractivity contribution in [3.63, 3.8) is 0 Å². The van der Waals surface area contributed by atoms with Crippen LogP contribution in [0.4, 0.5) is 0 Å². The maximum absolute atomic E-state index is 11.1. The number of hydrogen-bond donors (Lipinski definition) is 8. The molecule has 19 heteroatoms. The summed E-state index contributed by atoms with van der Waals surface area (Å²) < 4.78 is 14.7. The van der Waals surface area contributed by atoms with Gasteiger partial charge in [0.25, 0.3) is 10.2 Å². The summed E-state index contributed by atoms with van der Waals surface area (Å²) in [5.74, 6) is -11.2. The smallest absolute Gasteiger partial charge is 0.386 e. The third-order valence-corrected chi connectivity index (χ3v) is 4.65. The number of nitrogens with zero attached hydrogens (tertiary/aromatic N) is 2. The highest BCUT2D eigenvalue weighted by molar-refractivity contribution is 5.03. The van der Waals surface area contributed by atoms with Crippen molar-refractivity contribution < 1.29 is 74.9 Å². The molecule has 0 bridgehead atoms. The summed E-state index contributed by atoms with van der Waals surface area (Å²) in [4.78, 5) is 29.9. The van der Waals surface area contributed by atoms with Crippen molar-refractivity contribution in [1.82, 2.24) is 0 Å². The fourth-order valence-corrected chi connectivity index (χ4v) is 3.12. The van der Waals surface area contributed by atoms with E-state index in [9.17, 15) is 61.1 Å². The van der Waals surface area contributed by atoms with Crippen molar-refractivity contribution in [2.24, 2.45) is 0 Å². The van der Waals surface area contributed by atoms with Gasteiger partial charge in [-0.3, -0.25) is 9.57 Å². The first-order valence-corrected chi connectivity index (χ1v) is 8.33. The zero-order valence-corrected chi connectivity index (χ0v) is 15.2. The summed E-state index contributed by atoms with van der Waals surface area (Å²) in [5.41, 5.74) is 0. The molecule has 0 aromatic heterocycles. The molecule has 2 fully saturated rings. The standard InChI is InChI=1S/C12H20N2O17/c15-1-4-6(18)8(20)10(3-17,27-4)29-12(31-14(25)26)11(22,30-13(23)24)9(21)7(19)5(2-16)28-12/h4-9,15-22H,1-3H2/t4-,5-,6-,7-,8+,9+,10?,11+,12-/m1/s1. The van der Waals surface area contributed by atoms with Gasteiger partial charge in [0.05, 0.1) is 13.2 Å². The molecule has 19 nitrogen and oxygen atoms in total. The molecule has 2 aliphatic rings. The normalized spacial score (nSPS) is 45.3. The molecule has 8 N–H and O–H groups in total. The van der Waals surface area contributed by atoms with E-state index in [0.717, 1.165) is 0 Å². The van der Waals surface area contributed by atoms with Crippen LogP contribution in [0.3, 0.4) is 0 Å². The molecule has 31 heavy (non-hydrogen) atoms. The summed E-state index contributed by atoms with van der Waals surface area (Å²) in [6, 6.07) is 0. The molecule has 2 rings (SSSR count). The van der Waals surface area contributed by atoms with Gasteiger partial charge in [0, 0.05) is 0 Å². The van der Waals surface area contributed by atoms with Gasteiger partial charge in [-0.2, -0.15) is 0 Å². The third-order valence-electron chi connectivity index (χ3n) is 4.65. The molecule has 2 saturated heterocycles. The van der Waals surface area contributed by atoms with Crippen molar-refractivity contribution in [2.45, 2.75) is 54.2 Å². The minimum Gasteiger partial charge on any atom is -0.394 e. The quantitative estimate of drug-likeness (QED) is 0.0893. The van der Waals surface area contributed by atoms with E-state index in [2.05, 4.69) is 9.68 Å². The zero-order chi connectivity index (χ0) is 23.8. The number of aliphatic hydroxyl groups excluding tert-OH is 7. The average molecular weight is 464 g/mol. The first-order valence-electron chi connectivity index (χ1n) is 8.33. The van der Waals surface area contributed by atoms with Crippen LogP contribution in [-0.2, 0) is 23.9 Å². The lowest BCUT2D eigenvalue weighted by Gasteiger charge is -2.52. The average Bonchev–Trinajstić information content (AvgIpc) is 2.93. The van der Waals surface area contributed by atoms with Crippen LogP contribution in [0.25, 0.3) is 0 Å². The molecule has 0 aromatic carbocycles. The Kier molecular flexibility index (Phi) is 7.19. The molecule has 0 radical (unpaired) electrons. The van der Waals surface area contributed by atoms with E-state index in [0.29, 0.717) is 0 Å². The Morgan fingerprint density at radius 2 is 1.32 bits per heavy atom. The second-order valence-corrected chi connectivity index (χ2v) is 6.50. The zero-order valence-electron chi connectivity index (χ0n) is 15.2. The van der Waals surface area contributed by atoms with E-state index in [1.54, 1.807) is 0 Å². The minimum atomic E-state index is -4.11. The van der Waals surface area contributed by atoms with Gasteiger partial charge in [0.1, 0.15) is 43.2 Å². The Bertz CT molecular complexity index is 681. The fourth-order valence-electron chi connectivity index (χ4n) is 3.12. The lowest BCUT2D eigenvalue weighted by atomic mass is 9.93. The molecule has 2 heterocycles. The second kappa shape index (κ2) is 8.84. The number of hydrogen-bond acceptors (Lipinski definition) is 17. The van der Waals surface area contributed by atoms with Crippen molar-refractivity contribution in [2.75, 3.05) is 19.8 Å². The molecule has 2 aliphatic heterocycles. The van der Waals surface area contributed by atoms with Crippen LogP contribution >= 0.6 is 0 Å². The minimum absolute atomic E-state index is 0.996. The Morgan fingerprint density at radius 1 is 0.839 bits per heavy atom. The van der Waals surface area contributed by atoms with Gasteiger partial charge >= 0.3 is 11.8 Å². The van der Waals surface area contributed by atoms with Gasteiger partial charge in [-0.05, 0) is 0 Å². The monoisotopic (exact) mass is 464 g/mol. The molecule has 0 spiro atoms. The number of aliphatic hydroxyl groups is 8. The topological polar surface area (TPSA) is 294 Å². The molecule has 9 atom stereocenters. The van der Waals surface area contributed by atoms with E-state index in [1.165, 1.54) is 0 Å². The molecule has 180 valence electrons. The van der Waals surface area contributed by atoms with Crippen molar-refractivity contribution in [3.8, 4) is 0 Å². The molecule has 0 aliphatic carbocycles. The molecular formula is C12H20N2O17. The molecule has 0 amide bonds. The van der Waals surface area contributed by atoms with Crippen LogP contribution in [0, 0.1) is 20.2 Å². The Balaban J connectivity index is 2.66. The maximum atomic E-state index is 11.1. The highest BCUT2D eigenvalue weighted by Crippen LogP contribution is 2.46. The Labute approximate surface area is 170 Å². The fraction of sp³-hybridized carbons (Fsp3) is 1.00. The first kappa shape index (κ1) is 25.2. The first-order chi connectivity index (χ1) is 14.3. The molecule has 1 unspecified atom stereocenters. The van der Waals surface area contributed by atoms with Crippen LogP contribution in [0.5, 0.6) is 0 Å². The summed E-state index contributed by atoms with van der Waals surface area (Å²) >= 11 is 0. The van der Waals surface area contributed by atoms with Crippen LogP contribution < -0.4 is 0 Å². The lowest BCUT2D eigenvalue weighted by Crippen LogP contribution is -2.78. The molecular weight excluding hydrogens is 444 g/mol. The van der Waals surface area contributed by atoms with Crippen LogP contribution in [0.15, 0.2) is 0 Å². The summed E-state index contributed by atoms with van der Waals surface area (Å²) in [6.07, 6.45) is -13.4. The predicted molar refractivity (Wildman–Crippen MR) is 82.7 cm³/mol.